The summed E-state index contributed by atoms with van der Waals surface area (Å²) in [6.07, 6.45) is 7.04. The zero-order chi connectivity index (χ0) is 33.3. The van der Waals surface area contributed by atoms with Crippen LogP contribution in [0, 0.1) is 10.8 Å². The summed E-state index contributed by atoms with van der Waals surface area (Å²) in [5, 5.41) is 0. The summed E-state index contributed by atoms with van der Waals surface area (Å²) in [6.45, 7) is 12.6. The second-order valence-corrected chi connectivity index (χ2v) is 12.1. The first-order valence-corrected chi connectivity index (χ1v) is 15.2. The number of hydrogen-bond donors (Lipinski definition) is 0. The summed E-state index contributed by atoms with van der Waals surface area (Å²) < 4.78 is 25.9. The van der Waals surface area contributed by atoms with Crippen molar-refractivity contribution in [3.63, 3.8) is 0 Å². The van der Waals surface area contributed by atoms with Gasteiger partial charge < -0.3 is 23.7 Å². The van der Waals surface area contributed by atoms with Crippen LogP contribution < -0.4 is 4.74 Å². The van der Waals surface area contributed by atoms with E-state index in [0.29, 0.717) is 19.3 Å². The minimum Gasteiger partial charge on any atom is -0.497 e. The predicted molar refractivity (Wildman–Crippen MR) is 166 cm³/mol. The average molecular weight is 619 g/mol. The van der Waals surface area contributed by atoms with Crippen molar-refractivity contribution in [1.82, 2.24) is 0 Å². The Morgan fingerprint density at radius 3 is 1.77 bits per heavy atom. The molecular weight excluding hydrogens is 568 g/mol. The lowest BCUT2D eigenvalue weighted by Crippen LogP contribution is -2.34. The van der Waals surface area contributed by atoms with Crippen LogP contribution in [-0.4, -0.2) is 62.2 Å². The van der Waals surface area contributed by atoms with Crippen molar-refractivity contribution in [3.8, 4) is 5.75 Å². The minimum atomic E-state index is -0.594. The first kappa shape index (κ1) is 38.3. The molecule has 2 rings (SSSR count). The zero-order valence-corrected chi connectivity index (χ0v) is 27.6. The smallest absolute Gasteiger partial charge is 0.331 e. The minimum absolute atomic E-state index is 0.0162. The van der Waals surface area contributed by atoms with Crippen LogP contribution in [0.15, 0.2) is 30.3 Å². The van der Waals surface area contributed by atoms with Crippen molar-refractivity contribution in [2.45, 2.75) is 106 Å². The van der Waals surface area contributed by atoms with Crippen molar-refractivity contribution in [3.05, 3.63) is 35.9 Å². The molecular formula is C34H50O10. The van der Waals surface area contributed by atoms with Gasteiger partial charge in [0.1, 0.15) is 43.4 Å². The maximum atomic E-state index is 12.2. The van der Waals surface area contributed by atoms with Crippen molar-refractivity contribution < 1.29 is 47.7 Å². The second-order valence-electron chi connectivity index (χ2n) is 12.1. The van der Waals surface area contributed by atoms with Gasteiger partial charge in [-0.3, -0.25) is 19.2 Å². The summed E-state index contributed by atoms with van der Waals surface area (Å²) in [5.74, 6) is -0.884. The molecule has 0 heterocycles. The molecule has 1 saturated carbocycles. The summed E-state index contributed by atoms with van der Waals surface area (Å²) >= 11 is 0. The average Bonchev–Trinajstić information content (AvgIpc) is 2.99. The Hall–Kier alpha value is -3.69. The molecule has 0 aromatic heterocycles. The van der Waals surface area contributed by atoms with E-state index >= 15 is 0 Å². The SMILES string of the molecule is CCC(C)(C)C(=O)OC1CCC(OC(=O)/C=C/c2ccc(OC)cc2)CC1.CCC(C)(C)C(=O)OCCOC(=O)CC(C)=O. The molecule has 0 N–H and O–H groups in total. The van der Waals surface area contributed by atoms with E-state index in [4.69, 9.17) is 23.7 Å². The lowest BCUT2D eigenvalue weighted by Gasteiger charge is -2.30. The molecule has 0 atom stereocenters. The highest BCUT2D eigenvalue weighted by Gasteiger charge is 2.32. The molecule has 1 aromatic carbocycles. The molecule has 1 aliphatic rings. The normalized spacial score (nSPS) is 16.6. The van der Waals surface area contributed by atoms with Gasteiger partial charge in [0.05, 0.1) is 17.9 Å². The van der Waals surface area contributed by atoms with Crippen molar-refractivity contribution >= 4 is 35.7 Å². The van der Waals surface area contributed by atoms with Crippen LogP contribution in [0.3, 0.4) is 0 Å². The highest BCUT2D eigenvalue weighted by molar-refractivity contribution is 5.94. The molecule has 0 amide bonds. The molecule has 0 bridgehead atoms. The number of carbonyl (C=O) groups excluding carboxylic acids is 5. The van der Waals surface area contributed by atoms with Gasteiger partial charge in [-0.2, -0.15) is 0 Å². The Morgan fingerprint density at radius 2 is 1.27 bits per heavy atom. The molecule has 1 aromatic rings. The van der Waals surface area contributed by atoms with Gasteiger partial charge in [0, 0.05) is 6.08 Å². The number of esters is 4. The van der Waals surface area contributed by atoms with Crippen molar-refractivity contribution in [1.29, 1.82) is 0 Å². The fourth-order valence-corrected chi connectivity index (χ4v) is 3.69. The fourth-order valence-electron chi connectivity index (χ4n) is 3.69. The van der Waals surface area contributed by atoms with Crippen LogP contribution in [0.2, 0.25) is 0 Å². The van der Waals surface area contributed by atoms with Gasteiger partial charge in [-0.15, -0.1) is 0 Å². The molecule has 44 heavy (non-hydrogen) atoms. The van der Waals surface area contributed by atoms with E-state index in [1.807, 2.05) is 52.0 Å². The van der Waals surface area contributed by atoms with Gasteiger partial charge in [0.25, 0.3) is 0 Å². The molecule has 10 nitrogen and oxygen atoms in total. The molecule has 246 valence electrons. The number of rotatable bonds is 14. The van der Waals surface area contributed by atoms with Crippen molar-refractivity contribution in [2.75, 3.05) is 20.3 Å². The van der Waals surface area contributed by atoms with E-state index < -0.39 is 16.8 Å². The third-order valence-corrected chi connectivity index (χ3v) is 7.55. The molecule has 10 heteroatoms. The standard InChI is InChI=1S/C22H30O5.C12H20O5/c1-5-22(2,3)21(24)27-19-13-11-18(12-14-19)26-20(23)15-8-16-6-9-17(25-4)10-7-16;1-5-12(3,4)11(15)17-7-6-16-10(14)8-9(2)13/h6-10,15,18-19H,5,11-14H2,1-4H3;5-8H2,1-4H3/b15-8+;. The van der Waals surface area contributed by atoms with Crippen LogP contribution in [0.25, 0.3) is 6.08 Å². The quantitative estimate of drug-likeness (QED) is 0.0800. The third-order valence-electron chi connectivity index (χ3n) is 7.55. The number of Topliss-reactive ketones (excluding diaryl/α,β-unsaturated/α-hetero) is 1. The largest absolute Gasteiger partial charge is 0.497 e. The zero-order valence-electron chi connectivity index (χ0n) is 27.6. The number of hydrogen-bond acceptors (Lipinski definition) is 10. The van der Waals surface area contributed by atoms with Gasteiger partial charge in [0.2, 0.25) is 0 Å². The van der Waals surface area contributed by atoms with Gasteiger partial charge in [-0.25, -0.2) is 4.79 Å². The molecule has 1 fully saturated rings. The topological polar surface area (TPSA) is 132 Å². The van der Waals surface area contributed by atoms with Gasteiger partial charge in [-0.05, 0) is 96.9 Å². The van der Waals surface area contributed by atoms with Crippen LogP contribution in [0.5, 0.6) is 5.75 Å². The maximum Gasteiger partial charge on any atom is 0.331 e. The van der Waals surface area contributed by atoms with E-state index in [9.17, 15) is 24.0 Å². The van der Waals surface area contributed by atoms with Gasteiger partial charge in [0.15, 0.2) is 0 Å². The molecule has 0 aliphatic heterocycles. The van der Waals surface area contributed by atoms with Crippen molar-refractivity contribution in [2.24, 2.45) is 10.8 Å². The Morgan fingerprint density at radius 1 is 0.773 bits per heavy atom. The van der Waals surface area contributed by atoms with Crippen LogP contribution >= 0.6 is 0 Å². The van der Waals surface area contributed by atoms with Crippen LogP contribution in [0.4, 0.5) is 0 Å². The molecule has 1 aliphatic carbocycles. The lowest BCUT2D eigenvalue weighted by atomic mass is 9.90. The summed E-state index contributed by atoms with van der Waals surface area (Å²) in [5.41, 5.74) is -0.0687. The maximum absolute atomic E-state index is 12.2. The number of ketones is 1. The fraction of sp³-hybridized carbons (Fsp3) is 0.618. The van der Waals surface area contributed by atoms with E-state index in [0.717, 1.165) is 30.6 Å². The lowest BCUT2D eigenvalue weighted by molar-refractivity contribution is -0.164. The van der Waals surface area contributed by atoms with E-state index in [2.05, 4.69) is 0 Å². The number of ether oxygens (including phenoxy) is 5. The Bertz CT molecular complexity index is 1110. The summed E-state index contributed by atoms with van der Waals surface area (Å²) in [7, 11) is 1.61. The summed E-state index contributed by atoms with van der Waals surface area (Å²) in [4.78, 5) is 57.2. The number of methoxy groups -OCH3 is 1. The van der Waals surface area contributed by atoms with Gasteiger partial charge >= 0.3 is 23.9 Å². The summed E-state index contributed by atoms with van der Waals surface area (Å²) in [6, 6.07) is 7.43. The highest BCUT2D eigenvalue weighted by atomic mass is 16.6. The first-order chi connectivity index (χ1) is 20.6. The Kier molecular flexibility index (Phi) is 16.4. The van der Waals surface area contributed by atoms with E-state index in [-0.39, 0.29) is 55.5 Å². The molecule has 0 radical (unpaired) electrons. The number of benzene rings is 1. The predicted octanol–water partition coefficient (Wildman–Crippen LogP) is 6.03. The van der Waals surface area contributed by atoms with Crippen LogP contribution in [0.1, 0.15) is 99.0 Å². The van der Waals surface area contributed by atoms with Gasteiger partial charge in [-0.1, -0.05) is 26.0 Å². The van der Waals surface area contributed by atoms with Crippen LogP contribution in [-0.2, 0) is 42.9 Å². The molecule has 0 unspecified atom stereocenters. The molecule has 0 saturated heterocycles. The first-order valence-electron chi connectivity index (χ1n) is 15.2. The van der Waals surface area contributed by atoms with E-state index in [1.54, 1.807) is 27.0 Å². The highest BCUT2D eigenvalue weighted by Crippen LogP contribution is 2.28. The Labute approximate surface area is 261 Å². The molecule has 0 spiro atoms. The Balaban J connectivity index is 0.000000493. The van der Waals surface area contributed by atoms with E-state index in [1.165, 1.54) is 13.0 Å². The third kappa shape index (κ3) is 14.7. The monoisotopic (exact) mass is 618 g/mol. The second kappa shape index (κ2) is 18.9. The number of carbonyl (C=O) groups is 5.